The summed E-state index contributed by atoms with van der Waals surface area (Å²) in [5.74, 6) is 0. The largest absolute Gasteiger partial charge is 0.372 e. The molecule has 0 saturated carbocycles. The average molecular weight is 259 g/mol. The molecular weight excluding hydrogens is 246 g/mol. The molecular formula is C9H13N3O4S. The van der Waals surface area contributed by atoms with Gasteiger partial charge in [0.05, 0.1) is 16.9 Å². The van der Waals surface area contributed by atoms with Gasteiger partial charge in [0.15, 0.2) is 0 Å². The lowest BCUT2D eigenvalue weighted by Crippen LogP contribution is -2.13. The molecule has 0 amide bonds. The van der Waals surface area contributed by atoms with Gasteiger partial charge < -0.3 is 4.90 Å². The lowest BCUT2D eigenvalue weighted by atomic mass is 10.2. The van der Waals surface area contributed by atoms with Gasteiger partial charge in [0, 0.05) is 20.2 Å². The van der Waals surface area contributed by atoms with E-state index in [1.807, 2.05) is 0 Å². The van der Waals surface area contributed by atoms with E-state index in [1.54, 1.807) is 19.0 Å². The fraction of sp³-hybridized carbons (Fsp3) is 0.333. The maximum atomic E-state index is 11.0. The molecule has 1 N–H and O–H groups in total. The van der Waals surface area contributed by atoms with E-state index in [4.69, 9.17) is 0 Å². The molecule has 0 unspecified atom stereocenters. The summed E-state index contributed by atoms with van der Waals surface area (Å²) in [4.78, 5) is 11.8. The third-order valence-electron chi connectivity index (χ3n) is 1.96. The summed E-state index contributed by atoms with van der Waals surface area (Å²) >= 11 is 0. The fourth-order valence-electron chi connectivity index (χ4n) is 1.31. The normalized spacial score (nSPS) is 11.0. The van der Waals surface area contributed by atoms with Crippen LogP contribution in [-0.4, -0.2) is 33.7 Å². The number of nitro benzene ring substituents is 1. The molecule has 0 atom stereocenters. The number of benzene rings is 1. The van der Waals surface area contributed by atoms with Gasteiger partial charge in [-0.05, 0) is 12.1 Å². The van der Waals surface area contributed by atoms with E-state index >= 15 is 0 Å². The zero-order valence-electron chi connectivity index (χ0n) is 9.67. The van der Waals surface area contributed by atoms with Crippen molar-refractivity contribution in [2.75, 3.05) is 30.0 Å². The Morgan fingerprint density at radius 2 is 1.94 bits per heavy atom. The molecule has 0 saturated heterocycles. The monoisotopic (exact) mass is 259 g/mol. The predicted octanol–water partition coefficient (Wildman–Crippen LogP) is 1.03. The highest BCUT2D eigenvalue weighted by molar-refractivity contribution is 7.92. The molecule has 94 valence electrons. The summed E-state index contributed by atoms with van der Waals surface area (Å²) in [7, 11) is -0.100. The highest BCUT2D eigenvalue weighted by atomic mass is 32.2. The van der Waals surface area contributed by atoms with Gasteiger partial charge in [0.25, 0.3) is 5.69 Å². The first kappa shape index (κ1) is 13.2. The van der Waals surface area contributed by atoms with Gasteiger partial charge in [0.2, 0.25) is 10.0 Å². The number of hydrogen-bond acceptors (Lipinski definition) is 5. The van der Waals surface area contributed by atoms with Gasteiger partial charge in [-0.1, -0.05) is 0 Å². The summed E-state index contributed by atoms with van der Waals surface area (Å²) in [6, 6.07) is 4.04. The molecule has 8 heteroatoms. The molecule has 1 rings (SSSR count). The summed E-state index contributed by atoms with van der Waals surface area (Å²) in [6.07, 6.45) is 1.02. The van der Waals surface area contributed by atoms with Crippen LogP contribution < -0.4 is 9.62 Å². The summed E-state index contributed by atoms with van der Waals surface area (Å²) in [6.45, 7) is 0. The van der Waals surface area contributed by atoms with Crippen molar-refractivity contribution in [3.05, 3.63) is 28.3 Å². The Kier molecular flexibility index (Phi) is 3.56. The van der Waals surface area contributed by atoms with Gasteiger partial charge in [-0.3, -0.25) is 14.8 Å². The van der Waals surface area contributed by atoms with E-state index in [2.05, 4.69) is 4.72 Å². The molecule has 0 aliphatic rings. The van der Waals surface area contributed by atoms with Crippen molar-refractivity contribution in [3.63, 3.8) is 0 Å². The van der Waals surface area contributed by atoms with Crippen molar-refractivity contribution in [2.45, 2.75) is 0 Å². The van der Waals surface area contributed by atoms with Crippen molar-refractivity contribution in [1.82, 2.24) is 0 Å². The minimum Gasteiger partial charge on any atom is -0.372 e. The molecule has 0 fully saturated rings. The molecule has 0 bridgehead atoms. The Labute approximate surface area is 99.2 Å². The number of nitrogens with zero attached hydrogens (tertiary/aromatic N) is 2. The number of anilines is 2. The Morgan fingerprint density at radius 3 is 2.35 bits per heavy atom. The molecule has 0 heterocycles. The van der Waals surface area contributed by atoms with Crippen LogP contribution in [0.2, 0.25) is 0 Å². The van der Waals surface area contributed by atoms with Crippen molar-refractivity contribution in [3.8, 4) is 0 Å². The van der Waals surface area contributed by atoms with Crippen LogP contribution in [0.15, 0.2) is 18.2 Å². The van der Waals surface area contributed by atoms with Gasteiger partial charge in [-0.25, -0.2) is 8.42 Å². The van der Waals surface area contributed by atoms with E-state index in [9.17, 15) is 18.5 Å². The van der Waals surface area contributed by atoms with Gasteiger partial charge >= 0.3 is 0 Å². The molecule has 1 aromatic carbocycles. The van der Waals surface area contributed by atoms with E-state index in [0.717, 1.165) is 6.26 Å². The molecule has 1 aromatic rings. The van der Waals surface area contributed by atoms with Crippen molar-refractivity contribution in [2.24, 2.45) is 0 Å². The number of nitrogens with one attached hydrogen (secondary N) is 1. The minimum absolute atomic E-state index is 0.0750. The molecule has 7 nitrogen and oxygen atoms in total. The van der Waals surface area contributed by atoms with Crippen molar-refractivity contribution in [1.29, 1.82) is 0 Å². The minimum atomic E-state index is -3.39. The second-order valence-electron chi connectivity index (χ2n) is 3.73. The molecule has 0 aromatic heterocycles. The molecule has 17 heavy (non-hydrogen) atoms. The molecule has 0 aliphatic carbocycles. The van der Waals surface area contributed by atoms with Gasteiger partial charge in [0.1, 0.15) is 5.69 Å². The summed E-state index contributed by atoms with van der Waals surface area (Å²) in [5.41, 5.74) is 0.555. The van der Waals surface area contributed by atoms with Crippen LogP contribution in [-0.2, 0) is 10.0 Å². The van der Waals surface area contributed by atoms with E-state index in [0.29, 0.717) is 11.4 Å². The number of sulfonamides is 1. The topological polar surface area (TPSA) is 92.6 Å². The van der Waals surface area contributed by atoms with E-state index < -0.39 is 14.9 Å². The quantitative estimate of drug-likeness (QED) is 0.644. The molecule has 0 spiro atoms. The van der Waals surface area contributed by atoms with Gasteiger partial charge in [-0.2, -0.15) is 0 Å². The first-order chi connectivity index (χ1) is 7.70. The van der Waals surface area contributed by atoms with E-state index in [-0.39, 0.29) is 5.69 Å². The van der Waals surface area contributed by atoms with Gasteiger partial charge in [-0.15, -0.1) is 0 Å². The van der Waals surface area contributed by atoms with Crippen LogP contribution in [0.1, 0.15) is 0 Å². The second kappa shape index (κ2) is 4.58. The smallest absolute Gasteiger partial charge is 0.292 e. The lowest BCUT2D eigenvalue weighted by Gasteiger charge is -2.14. The Hall–Kier alpha value is -1.83. The van der Waals surface area contributed by atoms with Crippen molar-refractivity contribution >= 4 is 27.1 Å². The lowest BCUT2D eigenvalue weighted by molar-refractivity contribution is -0.384. The number of nitro groups is 1. The van der Waals surface area contributed by atoms with Crippen LogP contribution in [0.4, 0.5) is 17.1 Å². The Balaban J connectivity index is 3.24. The van der Waals surface area contributed by atoms with E-state index in [1.165, 1.54) is 18.2 Å². The van der Waals surface area contributed by atoms with Crippen LogP contribution in [0.25, 0.3) is 0 Å². The van der Waals surface area contributed by atoms with Crippen molar-refractivity contribution < 1.29 is 13.3 Å². The highest BCUT2D eigenvalue weighted by Crippen LogP contribution is 2.29. The van der Waals surface area contributed by atoms with Crippen LogP contribution >= 0.6 is 0 Å². The number of hydrogen-bond donors (Lipinski definition) is 1. The first-order valence-electron chi connectivity index (χ1n) is 4.64. The molecule has 0 radical (unpaired) electrons. The average Bonchev–Trinajstić information content (AvgIpc) is 2.14. The predicted molar refractivity (Wildman–Crippen MR) is 65.9 cm³/mol. The maximum Gasteiger partial charge on any atom is 0.292 e. The standard InChI is InChI=1S/C9H13N3O4S/c1-11(2)9-6-7(10-17(3,15)16)4-5-8(9)12(13)14/h4-6,10H,1-3H3. The highest BCUT2D eigenvalue weighted by Gasteiger charge is 2.16. The molecule has 0 aliphatic heterocycles. The SMILES string of the molecule is CN(C)c1cc(NS(C)(=O)=O)ccc1[N+](=O)[O-]. The zero-order chi connectivity index (χ0) is 13.2. The van der Waals surface area contributed by atoms with Crippen LogP contribution in [0.3, 0.4) is 0 Å². The maximum absolute atomic E-state index is 11.0. The third kappa shape index (κ3) is 3.59. The Morgan fingerprint density at radius 1 is 1.35 bits per heavy atom. The summed E-state index contributed by atoms with van der Waals surface area (Å²) in [5, 5.41) is 10.8. The fourth-order valence-corrected chi connectivity index (χ4v) is 1.87. The first-order valence-corrected chi connectivity index (χ1v) is 6.53. The number of rotatable bonds is 4. The second-order valence-corrected chi connectivity index (χ2v) is 5.48. The Bertz CT molecular complexity index is 539. The van der Waals surface area contributed by atoms with Crippen LogP contribution in [0.5, 0.6) is 0 Å². The zero-order valence-corrected chi connectivity index (χ0v) is 10.5. The van der Waals surface area contributed by atoms with Crippen LogP contribution in [0, 0.1) is 10.1 Å². The third-order valence-corrected chi connectivity index (χ3v) is 2.56. The summed E-state index contributed by atoms with van der Waals surface area (Å²) < 4.78 is 24.3.